The van der Waals surface area contributed by atoms with E-state index in [-0.39, 0.29) is 22.2 Å². The Kier molecular flexibility index (Phi) is 7.46. The minimum Gasteiger partial charge on any atom is -0.390 e. The summed E-state index contributed by atoms with van der Waals surface area (Å²) in [5, 5.41) is 11.4. The zero-order valence-electron chi connectivity index (χ0n) is 16.4. The number of rotatable bonds is 7. The minimum absolute atomic E-state index is 0.104. The van der Waals surface area contributed by atoms with Crippen LogP contribution in [0, 0.1) is 6.92 Å². The second-order valence-corrected chi connectivity index (χ2v) is 10.2. The molecule has 1 N–H and O–H groups in total. The van der Waals surface area contributed by atoms with E-state index in [2.05, 4.69) is 4.90 Å². The second-order valence-electron chi connectivity index (χ2n) is 7.46. The van der Waals surface area contributed by atoms with E-state index in [9.17, 15) is 13.5 Å². The molecule has 1 aliphatic rings. The van der Waals surface area contributed by atoms with Crippen molar-refractivity contribution in [3.63, 3.8) is 0 Å². The highest BCUT2D eigenvalue weighted by atomic mass is 35.5. The molecule has 0 amide bonds. The van der Waals surface area contributed by atoms with Crippen molar-refractivity contribution < 1.29 is 13.5 Å². The molecule has 8 heteroatoms. The SMILES string of the molecule is Cc1ccc(S(=O)(=O)N(C[C@H](O)CN2CCCCC2)c2cc(Cl)ccc2Cl)cc1. The highest BCUT2D eigenvalue weighted by molar-refractivity contribution is 7.92. The van der Waals surface area contributed by atoms with E-state index < -0.39 is 16.1 Å². The molecule has 2 aromatic rings. The van der Waals surface area contributed by atoms with Crippen LogP contribution < -0.4 is 4.31 Å². The largest absolute Gasteiger partial charge is 0.390 e. The Hall–Kier alpha value is -1.31. The predicted octanol–water partition coefficient (Wildman–Crippen LogP) is 4.34. The highest BCUT2D eigenvalue weighted by Crippen LogP contribution is 2.33. The Morgan fingerprint density at radius 1 is 1.07 bits per heavy atom. The number of anilines is 1. The topological polar surface area (TPSA) is 60.9 Å². The van der Waals surface area contributed by atoms with Crippen molar-refractivity contribution in [2.75, 3.05) is 30.5 Å². The lowest BCUT2D eigenvalue weighted by Crippen LogP contribution is -2.44. The summed E-state index contributed by atoms with van der Waals surface area (Å²) in [6, 6.07) is 11.3. The molecule has 0 radical (unpaired) electrons. The van der Waals surface area contributed by atoms with Crippen LogP contribution in [0.1, 0.15) is 24.8 Å². The van der Waals surface area contributed by atoms with Gasteiger partial charge in [-0.3, -0.25) is 4.31 Å². The predicted molar refractivity (Wildman–Crippen MR) is 118 cm³/mol. The number of aliphatic hydroxyl groups excluding tert-OH is 1. The van der Waals surface area contributed by atoms with Crippen LogP contribution in [-0.4, -0.2) is 50.7 Å². The fourth-order valence-electron chi connectivity index (χ4n) is 3.53. The zero-order valence-corrected chi connectivity index (χ0v) is 18.7. The summed E-state index contributed by atoms with van der Waals surface area (Å²) in [4.78, 5) is 2.31. The van der Waals surface area contributed by atoms with Gasteiger partial charge in [-0.15, -0.1) is 0 Å². The second kappa shape index (κ2) is 9.67. The zero-order chi connectivity index (χ0) is 21.0. The van der Waals surface area contributed by atoms with Gasteiger partial charge >= 0.3 is 0 Å². The lowest BCUT2D eigenvalue weighted by Gasteiger charge is -2.32. The van der Waals surface area contributed by atoms with Crippen LogP contribution in [0.2, 0.25) is 10.0 Å². The van der Waals surface area contributed by atoms with Crippen molar-refractivity contribution in [2.24, 2.45) is 0 Å². The Labute approximate surface area is 182 Å². The monoisotopic (exact) mass is 456 g/mol. The molecule has 1 aliphatic heterocycles. The van der Waals surface area contributed by atoms with Crippen LogP contribution >= 0.6 is 23.2 Å². The normalized spacial score (nSPS) is 16.6. The summed E-state index contributed by atoms with van der Waals surface area (Å²) in [6.45, 7) is 4.04. The number of nitrogens with zero attached hydrogens (tertiary/aromatic N) is 2. The molecule has 29 heavy (non-hydrogen) atoms. The summed E-state index contributed by atoms with van der Waals surface area (Å²) in [7, 11) is -3.93. The first kappa shape index (κ1) is 22.4. The minimum atomic E-state index is -3.93. The van der Waals surface area contributed by atoms with E-state index in [0.29, 0.717) is 11.6 Å². The molecule has 158 valence electrons. The lowest BCUT2D eigenvalue weighted by atomic mass is 10.1. The van der Waals surface area contributed by atoms with Crippen molar-refractivity contribution in [3.05, 3.63) is 58.1 Å². The number of aryl methyl sites for hydroxylation is 1. The van der Waals surface area contributed by atoms with Gasteiger partial charge in [-0.05, 0) is 63.2 Å². The maximum atomic E-state index is 13.4. The number of halogens is 2. The quantitative estimate of drug-likeness (QED) is 0.672. The average Bonchev–Trinajstić information content (AvgIpc) is 2.69. The van der Waals surface area contributed by atoms with Gasteiger partial charge in [-0.1, -0.05) is 47.3 Å². The number of likely N-dealkylation sites (tertiary alicyclic amines) is 1. The van der Waals surface area contributed by atoms with Crippen LogP contribution in [0.15, 0.2) is 47.4 Å². The van der Waals surface area contributed by atoms with E-state index >= 15 is 0 Å². The van der Waals surface area contributed by atoms with Gasteiger partial charge in [0, 0.05) is 11.6 Å². The maximum Gasteiger partial charge on any atom is 0.264 e. The van der Waals surface area contributed by atoms with E-state index in [1.165, 1.54) is 16.8 Å². The van der Waals surface area contributed by atoms with Crippen LogP contribution in [0.4, 0.5) is 5.69 Å². The number of hydrogen-bond donors (Lipinski definition) is 1. The third-order valence-electron chi connectivity index (χ3n) is 5.08. The van der Waals surface area contributed by atoms with Crippen molar-refractivity contribution in [1.29, 1.82) is 0 Å². The van der Waals surface area contributed by atoms with E-state index in [1.807, 2.05) is 6.92 Å². The molecule has 0 aromatic heterocycles. The number of β-amino-alcohol motifs (C(OH)–C–C–N with tert-alkyl or cyclic N) is 1. The molecule has 0 unspecified atom stereocenters. The van der Waals surface area contributed by atoms with Gasteiger partial charge in [-0.2, -0.15) is 0 Å². The molecule has 3 rings (SSSR count). The van der Waals surface area contributed by atoms with Crippen molar-refractivity contribution in [2.45, 2.75) is 37.2 Å². The van der Waals surface area contributed by atoms with Gasteiger partial charge < -0.3 is 10.0 Å². The standard InChI is InChI=1S/C21H26Cl2N2O3S/c1-16-5-8-19(9-6-16)29(27,28)25(21-13-17(22)7-10-20(21)23)15-18(26)14-24-11-3-2-4-12-24/h5-10,13,18,26H,2-4,11-12,14-15H2,1H3/t18-/m1/s1. The summed E-state index contributed by atoms with van der Waals surface area (Å²) >= 11 is 12.4. The number of benzene rings is 2. The molecule has 5 nitrogen and oxygen atoms in total. The van der Waals surface area contributed by atoms with Gasteiger partial charge in [0.05, 0.1) is 28.3 Å². The summed E-state index contributed by atoms with van der Waals surface area (Å²) < 4.78 is 28.0. The van der Waals surface area contributed by atoms with E-state index in [4.69, 9.17) is 23.2 Å². The van der Waals surface area contributed by atoms with Gasteiger partial charge in [0.2, 0.25) is 0 Å². The number of hydrogen-bond acceptors (Lipinski definition) is 4. The molecular weight excluding hydrogens is 431 g/mol. The highest BCUT2D eigenvalue weighted by Gasteiger charge is 2.29. The molecular formula is C21H26Cl2N2O3S. The number of aliphatic hydroxyl groups is 1. The van der Waals surface area contributed by atoms with Crippen LogP contribution in [0.5, 0.6) is 0 Å². The smallest absolute Gasteiger partial charge is 0.264 e. The first-order chi connectivity index (χ1) is 13.8. The lowest BCUT2D eigenvalue weighted by molar-refractivity contribution is 0.107. The molecule has 0 aliphatic carbocycles. The molecule has 1 saturated heterocycles. The fraction of sp³-hybridized carbons (Fsp3) is 0.429. The first-order valence-corrected chi connectivity index (χ1v) is 11.9. The molecule has 1 atom stereocenters. The summed E-state index contributed by atoms with van der Waals surface area (Å²) in [5.41, 5.74) is 1.22. The average molecular weight is 457 g/mol. The van der Waals surface area contributed by atoms with Gasteiger partial charge in [0.1, 0.15) is 0 Å². The maximum absolute atomic E-state index is 13.4. The Morgan fingerprint density at radius 2 is 1.72 bits per heavy atom. The Balaban J connectivity index is 1.93. The summed E-state index contributed by atoms with van der Waals surface area (Å²) in [6.07, 6.45) is 2.53. The van der Waals surface area contributed by atoms with Crippen LogP contribution in [0.3, 0.4) is 0 Å². The van der Waals surface area contributed by atoms with E-state index in [1.54, 1.807) is 36.4 Å². The third-order valence-corrected chi connectivity index (χ3v) is 7.43. The molecule has 0 saturated carbocycles. The van der Waals surface area contributed by atoms with Gasteiger partial charge in [0.25, 0.3) is 10.0 Å². The molecule has 1 heterocycles. The van der Waals surface area contributed by atoms with Gasteiger partial charge in [0.15, 0.2) is 0 Å². The van der Waals surface area contributed by atoms with Crippen LogP contribution in [0.25, 0.3) is 0 Å². The summed E-state index contributed by atoms with van der Waals surface area (Å²) in [5.74, 6) is 0. The first-order valence-electron chi connectivity index (χ1n) is 9.72. The van der Waals surface area contributed by atoms with Crippen molar-refractivity contribution in [3.8, 4) is 0 Å². The fourth-order valence-corrected chi connectivity index (χ4v) is 5.48. The molecule has 0 bridgehead atoms. The molecule has 1 fully saturated rings. The van der Waals surface area contributed by atoms with Crippen LogP contribution in [-0.2, 0) is 10.0 Å². The Bertz CT molecular complexity index is 929. The molecule has 0 spiro atoms. The Morgan fingerprint density at radius 3 is 2.38 bits per heavy atom. The molecule has 2 aromatic carbocycles. The number of piperidine rings is 1. The third kappa shape index (κ3) is 5.64. The van der Waals surface area contributed by atoms with E-state index in [0.717, 1.165) is 31.5 Å². The van der Waals surface area contributed by atoms with Crippen molar-refractivity contribution in [1.82, 2.24) is 4.90 Å². The van der Waals surface area contributed by atoms with Crippen molar-refractivity contribution >= 4 is 38.9 Å². The number of sulfonamides is 1. The van der Waals surface area contributed by atoms with Gasteiger partial charge in [-0.25, -0.2) is 8.42 Å².